The van der Waals surface area contributed by atoms with Gasteiger partial charge in [0.1, 0.15) is 5.76 Å². The summed E-state index contributed by atoms with van der Waals surface area (Å²) < 4.78 is 5.57. The van der Waals surface area contributed by atoms with Gasteiger partial charge in [0, 0.05) is 23.9 Å². The van der Waals surface area contributed by atoms with E-state index in [0.29, 0.717) is 16.5 Å². The number of nitro benzene ring substituents is 1. The highest BCUT2D eigenvalue weighted by molar-refractivity contribution is 7.19. The van der Waals surface area contributed by atoms with E-state index in [4.69, 9.17) is 4.42 Å². The van der Waals surface area contributed by atoms with Gasteiger partial charge in [-0.3, -0.25) is 20.2 Å². The van der Waals surface area contributed by atoms with E-state index in [-0.39, 0.29) is 11.4 Å². The molecule has 2 heterocycles. The largest absolute Gasteiger partial charge is 0.451 e. The van der Waals surface area contributed by atoms with Gasteiger partial charge in [-0.05, 0) is 17.7 Å². The van der Waals surface area contributed by atoms with Gasteiger partial charge < -0.3 is 4.42 Å². The maximum absolute atomic E-state index is 12.4. The molecule has 0 radical (unpaired) electrons. The zero-order valence-electron chi connectivity index (χ0n) is 14.4. The van der Waals surface area contributed by atoms with Crippen LogP contribution in [0.4, 0.5) is 10.8 Å². The fourth-order valence-corrected chi connectivity index (χ4v) is 3.43. The van der Waals surface area contributed by atoms with Crippen LogP contribution in [0.3, 0.4) is 0 Å². The van der Waals surface area contributed by atoms with Gasteiger partial charge in [0.15, 0.2) is 10.9 Å². The fraction of sp³-hybridized carbons (Fsp3) is 0. The van der Waals surface area contributed by atoms with E-state index in [1.54, 1.807) is 24.4 Å². The van der Waals surface area contributed by atoms with Gasteiger partial charge in [-0.25, -0.2) is 4.98 Å². The Morgan fingerprint density at radius 1 is 1.04 bits per heavy atom. The first-order chi connectivity index (χ1) is 13.6. The van der Waals surface area contributed by atoms with Crippen molar-refractivity contribution < 1.29 is 14.1 Å². The van der Waals surface area contributed by atoms with E-state index in [1.807, 2.05) is 30.3 Å². The highest BCUT2D eigenvalue weighted by Gasteiger charge is 2.16. The lowest BCUT2D eigenvalue weighted by atomic mass is 10.1. The van der Waals surface area contributed by atoms with Crippen molar-refractivity contribution in [2.75, 3.05) is 5.32 Å². The number of carbonyl (C=O) groups is 1. The summed E-state index contributed by atoms with van der Waals surface area (Å²) in [4.78, 5) is 28.0. The first-order valence-electron chi connectivity index (χ1n) is 8.27. The molecule has 4 aromatic rings. The molecule has 8 heteroatoms. The van der Waals surface area contributed by atoms with Crippen LogP contribution in [0.25, 0.3) is 21.8 Å². The molecule has 1 N–H and O–H groups in total. The number of rotatable bonds is 5. The molecule has 7 nitrogen and oxygen atoms in total. The third kappa shape index (κ3) is 3.67. The van der Waals surface area contributed by atoms with Gasteiger partial charge in [0.2, 0.25) is 0 Å². The highest BCUT2D eigenvalue weighted by atomic mass is 32.1. The Morgan fingerprint density at radius 2 is 1.82 bits per heavy atom. The molecule has 2 aromatic heterocycles. The molecule has 0 saturated carbocycles. The fourth-order valence-electron chi connectivity index (χ4n) is 2.61. The molecule has 1 amide bonds. The van der Waals surface area contributed by atoms with E-state index in [9.17, 15) is 14.9 Å². The molecule has 138 valence electrons. The molecule has 0 spiro atoms. The molecule has 0 fully saturated rings. The van der Waals surface area contributed by atoms with Crippen LogP contribution in [0.5, 0.6) is 0 Å². The first-order valence-corrected chi connectivity index (χ1v) is 9.09. The number of non-ortho nitro benzene ring substituents is 1. The van der Waals surface area contributed by atoms with Crippen molar-refractivity contribution >= 4 is 28.1 Å². The van der Waals surface area contributed by atoms with Crippen molar-refractivity contribution in [3.05, 3.63) is 88.8 Å². The molecule has 0 atom stereocenters. The maximum atomic E-state index is 12.4. The lowest BCUT2D eigenvalue weighted by molar-refractivity contribution is -0.384. The predicted octanol–water partition coefficient (Wildman–Crippen LogP) is 5.23. The third-order valence-electron chi connectivity index (χ3n) is 3.96. The van der Waals surface area contributed by atoms with Gasteiger partial charge in [0.05, 0.1) is 9.80 Å². The van der Waals surface area contributed by atoms with E-state index >= 15 is 0 Å². The molecular formula is C20H13N3O4S. The second kappa shape index (κ2) is 7.45. The van der Waals surface area contributed by atoms with Crippen LogP contribution in [0.1, 0.15) is 10.6 Å². The molecule has 0 saturated heterocycles. The Kier molecular flexibility index (Phi) is 4.69. The van der Waals surface area contributed by atoms with Crippen LogP contribution < -0.4 is 5.32 Å². The second-order valence-corrected chi connectivity index (χ2v) is 6.85. The quantitative estimate of drug-likeness (QED) is 0.371. The number of carbonyl (C=O) groups excluding carboxylic acids is 1. The molecule has 0 aliphatic rings. The van der Waals surface area contributed by atoms with Crippen molar-refractivity contribution in [2.45, 2.75) is 0 Å². The minimum Gasteiger partial charge on any atom is -0.451 e. The zero-order valence-corrected chi connectivity index (χ0v) is 15.2. The molecule has 0 aliphatic carbocycles. The molecule has 0 bridgehead atoms. The number of thiazole rings is 1. The summed E-state index contributed by atoms with van der Waals surface area (Å²) in [6.45, 7) is 0. The van der Waals surface area contributed by atoms with Gasteiger partial charge in [-0.1, -0.05) is 53.8 Å². The van der Waals surface area contributed by atoms with Gasteiger partial charge in [-0.15, -0.1) is 0 Å². The maximum Gasteiger partial charge on any atom is 0.293 e. The normalized spacial score (nSPS) is 10.6. The van der Waals surface area contributed by atoms with Crippen molar-refractivity contribution in [3.8, 4) is 21.8 Å². The van der Waals surface area contributed by atoms with E-state index in [0.717, 1.165) is 10.4 Å². The molecule has 4 rings (SSSR count). The minimum atomic E-state index is -0.479. The minimum absolute atomic E-state index is 0.0453. The molecular weight excluding hydrogens is 378 g/mol. The molecule has 0 aliphatic heterocycles. The van der Waals surface area contributed by atoms with E-state index in [1.165, 1.54) is 29.5 Å². The van der Waals surface area contributed by atoms with Crippen LogP contribution >= 0.6 is 11.3 Å². The van der Waals surface area contributed by atoms with Crippen molar-refractivity contribution in [1.29, 1.82) is 0 Å². The summed E-state index contributed by atoms with van der Waals surface area (Å²) in [6, 6.07) is 18.9. The molecule has 2 aromatic carbocycles. The van der Waals surface area contributed by atoms with E-state index < -0.39 is 10.8 Å². The summed E-state index contributed by atoms with van der Waals surface area (Å²) in [5.74, 6) is 0.0292. The average Bonchev–Trinajstić information content (AvgIpc) is 3.39. The Balaban J connectivity index is 1.50. The van der Waals surface area contributed by atoms with Crippen LogP contribution in [-0.4, -0.2) is 15.8 Å². The summed E-state index contributed by atoms with van der Waals surface area (Å²) in [5.41, 5.74) is 1.50. The van der Waals surface area contributed by atoms with Gasteiger partial charge in [-0.2, -0.15) is 0 Å². The molecule has 28 heavy (non-hydrogen) atoms. The zero-order chi connectivity index (χ0) is 19.5. The highest BCUT2D eigenvalue weighted by Crippen LogP contribution is 2.30. The number of benzene rings is 2. The second-order valence-electron chi connectivity index (χ2n) is 5.82. The summed E-state index contributed by atoms with van der Waals surface area (Å²) in [5, 5.41) is 14.1. The molecule has 0 unspecified atom stereocenters. The lowest BCUT2D eigenvalue weighted by Crippen LogP contribution is -2.10. The SMILES string of the molecule is O=C(Nc1ncc(-c2ccccc2)s1)c1ccc(-c2cccc([N+](=O)[O-])c2)o1. The number of nitrogens with one attached hydrogen (secondary N) is 1. The number of nitro groups is 1. The van der Waals surface area contributed by atoms with Crippen molar-refractivity contribution in [3.63, 3.8) is 0 Å². The number of nitrogens with zero attached hydrogens (tertiary/aromatic N) is 2. The summed E-state index contributed by atoms with van der Waals surface area (Å²) in [6.07, 6.45) is 1.70. The monoisotopic (exact) mass is 391 g/mol. The predicted molar refractivity (Wildman–Crippen MR) is 106 cm³/mol. The van der Waals surface area contributed by atoms with Crippen LogP contribution in [0.2, 0.25) is 0 Å². The summed E-state index contributed by atoms with van der Waals surface area (Å²) >= 11 is 1.36. The third-order valence-corrected chi connectivity index (χ3v) is 4.92. The van der Waals surface area contributed by atoms with Crippen molar-refractivity contribution in [2.24, 2.45) is 0 Å². The Hall–Kier alpha value is -3.78. The number of amides is 1. The van der Waals surface area contributed by atoms with Crippen molar-refractivity contribution in [1.82, 2.24) is 4.98 Å². The first kappa shape index (κ1) is 17.6. The Morgan fingerprint density at radius 3 is 2.61 bits per heavy atom. The Bertz CT molecular complexity index is 1150. The lowest BCUT2D eigenvalue weighted by Gasteiger charge is -1.99. The number of aromatic nitrogens is 1. The number of anilines is 1. The van der Waals surface area contributed by atoms with E-state index in [2.05, 4.69) is 10.3 Å². The summed E-state index contributed by atoms with van der Waals surface area (Å²) in [7, 11) is 0. The number of hydrogen-bond acceptors (Lipinski definition) is 6. The van der Waals surface area contributed by atoms with Crippen LogP contribution in [0, 0.1) is 10.1 Å². The number of hydrogen-bond donors (Lipinski definition) is 1. The average molecular weight is 391 g/mol. The van der Waals surface area contributed by atoms with Gasteiger partial charge >= 0.3 is 0 Å². The van der Waals surface area contributed by atoms with Crippen LogP contribution in [0.15, 0.2) is 77.3 Å². The standard InChI is InChI=1S/C20H13N3O4S/c24-19(22-20-21-12-18(28-20)13-5-2-1-3-6-13)17-10-9-16(27-17)14-7-4-8-15(11-14)23(25)26/h1-12H,(H,21,22,24). The Labute approximate surface area is 163 Å². The van der Waals surface area contributed by atoms with Gasteiger partial charge in [0.25, 0.3) is 11.6 Å². The number of furan rings is 1. The smallest absolute Gasteiger partial charge is 0.293 e. The topological polar surface area (TPSA) is 98.3 Å². The van der Waals surface area contributed by atoms with Crippen LogP contribution in [-0.2, 0) is 0 Å².